The monoisotopic (exact) mass is 436 g/mol. The van der Waals surface area contributed by atoms with Gasteiger partial charge in [0.05, 0.1) is 11.4 Å². The molecule has 32 heavy (non-hydrogen) atoms. The van der Waals surface area contributed by atoms with Crippen molar-refractivity contribution in [2.75, 3.05) is 5.32 Å². The Balaban J connectivity index is 1.62. The van der Waals surface area contributed by atoms with E-state index in [4.69, 9.17) is 0 Å². The molecule has 1 aromatic heterocycles. The lowest BCUT2D eigenvalue weighted by Crippen LogP contribution is -2.51. The fourth-order valence-electron chi connectivity index (χ4n) is 3.91. The van der Waals surface area contributed by atoms with Crippen molar-refractivity contribution in [2.45, 2.75) is 46.2 Å². The first kappa shape index (κ1) is 21.6. The molecule has 1 N–H and O–H groups in total. The number of rotatable bonds is 5. The molecule has 8 nitrogen and oxygen atoms in total. The van der Waals surface area contributed by atoms with Gasteiger partial charge in [-0.1, -0.05) is 38.1 Å². The van der Waals surface area contributed by atoms with Gasteiger partial charge in [-0.15, -0.1) is 5.10 Å². The Morgan fingerprint density at radius 2 is 1.94 bits per heavy atom. The summed E-state index contributed by atoms with van der Waals surface area (Å²) in [6, 6.07) is 11.3. The molecule has 1 atom stereocenters. The fourth-order valence-corrected chi connectivity index (χ4v) is 3.91. The highest BCUT2D eigenvalue weighted by molar-refractivity contribution is 5.98. The minimum atomic E-state index is -0.728. The summed E-state index contributed by atoms with van der Waals surface area (Å²) in [7, 11) is 0. The first-order valence-corrected chi connectivity index (χ1v) is 10.6. The van der Waals surface area contributed by atoms with Crippen LogP contribution in [0.1, 0.15) is 37.2 Å². The van der Waals surface area contributed by atoms with E-state index in [1.807, 2.05) is 38.1 Å². The normalized spacial score (nSPS) is 15.5. The Kier molecular flexibility index (Phi) is 5.98. The van der Waals surface area contributed by atoms with Gasteiger partial charge in [0.2, 0.25) is 11.8 Å². The Hall–Kier alpha value is -3.62. The van der Waals surface area contributed by atoms with Crippen LogP contribution in [0.5, 0.6) is 0 Å². The molecule has 0 fully saturated rings. The predicted octanol–water partition coefficient (Wildman–Crippen LogP) is 3.05. The minimum absolute atomic E-state index is 0.0116. The van der Waals surface area contributed by atoms with Crippen LogP contribution in [0.15, 0.2) is 42.5 Å². The second-order valence-corrected chi connectivity index (χ2v) is 8.40. The molecular weight excluding hydrogens is 411 g/mol. The maximum absolute atomic E-state index is 14.5. The number of aryl methyl sites for hydroxylation is 1. The first-order chi connectivity index (χ1) is 15.3. The highest BCUT2D eigenvalue weighted by atomic mass is 19.1. The average molecular weight is 436 g/mol. The quantitative estimate of drug-likeness (QED) is 0.664. The maximum atomic E-state index is 14.5. The lowest BCUT2D eigenvalue weighted by atomic mass is 9.92. The molecule has 0 saturated heterocycles. The van der Waals surface area contributed by atoms with Crippen molar-refractivity contribution < 1.29 is 14.0 Å². The largest absolute Gasteiger partial charge is 0.326 e. The Labute approximate surface area is 185 Å². The van der Waals surface area contributed by atoms with Crippen molar-refractivity contribution in [3.63, 3.8) is 0 Å². The standard InChI is InChI=1S/C23H25FN6O2/c1-14(2)10-22(31)29-13-17-7-5-4-6-16(17)11-21(29)23(32)25-20-12-18(8-9-19(20)24)30-15(3)26-27-28-30/h4-9,12,14,21H,10-11,13H2,1-3H3,(H,25,32). The van der Waals surface area contributed by atoms with Gasteiger partial charge in [-0.05, 0) is 52.6 Å². The molecule has 9 heteroatoms. The van der Waals surface area contributed by atoms with Gasteiger partial charge in [-0.3, -0.25) is 9.59 Å². The number of aromatic nitrogens is 4. The van der Waals surface area contributed by atoms with E-state index < -0.39 is 17.8 Å². The third-order valence-electron chi connectivity index (χ3n) is 5.53. The first-order valence-electron chi connectivity index (χ1n) is 10.6. The van der Waals surface area contributed by atoms with Gasteiger partial charge in [0, 0.05) is 19.4 Å². The van der Waals surface area contributed by atoms with Crippen LogP contribution in [0.25, 0.3) is 5.69 Å². The van der Waals surface area contributed by atoms with Crippen molar-refractivity contribution in [1.82, 2.24) is 25.1 Å². The topological polar surface area (TPSA) is 93.0 Å². The molecule has 0 saturated carbocycles. The SMILES string of the molecule is Cc1nnnn1-c1ccc(F)c(NC(=O)C2Cc3ccccc3CN2C(=O)CC(C)C)c1. The smallest absolute Gasteiger partial charge is 0.247 e. The molecule has 4 rings (SSSR count). The number of carbonyl (C=O) groups is 2. The molecule has 2 heterocycles. The number of hydrogen-bond donors (Lipinski definition) is 1. The van der Waals surface area contributed by atoms with Gasteiger partial charge in [0.25, 0.3) is 0 Å². The molecule has 1 unspecified atom stereocenters. The molecule has 0 bridgehead atoms. The molecule has 2 amide bonds. The van der Waals surface area contributed by atoms with Crippen molar-refractivity contribution in [3.05, 3.63) is 65.2 Å². The van der Waals surface area contributed by atoms with Gasteiger partial charge >= 0.3 is 0 Å². The number of hydrogen-bond acceptors (Lipinski definition) is 5. The third kappa shape index (κ3) is 4.37. The summed E-state index contributed by atoms with van der Waals surface area (Å²) >= 11 is 0. The number of fused-ring (bicyclic) bond motifs is 1. The van der Waals surface area contributed by atoms with Crippen LogP contribution in [0, 0.1) is 18.7 Å². The lowest BCUT2D eigenvalue weighted by Gasteiger charge is -2.36. The van der Waals surface area contributed by atoms with Gasteiger partial charge in [-0.2, -0.15) is 4.68 Å². The van der Waals surface area contributed by atoms with Crippen LogP contribution in [0.4, 0.5) is 10.1 Å². The zero-order valence-corrected chi connectivity index (χ0v) is 18.2. The van der Waals surface area contributed by atoms with Crippen LogP contribution in [0.3, 0.4) is 0 Å². The Morgan fingerprint density at radius 3 is 2.62 bits per heavy atom. The number of tetrazole rings is 1. The summed E-state index contributed by atoms with van der Waals surface area (Å²) in [5.74, 6) is -0.404. The molecule has 3 aromatic rings. The molecule has 2 aromatic carbocycles. The van der Waals surface area contributed by atoms with Crippen LogP contribution in [-0.4, -0.2) is 43.0 Å². The summed E-state index contributed by atoms with van der Waals surface area (Å²) in [5.41, 5.74) is 2.57. The van der Waals surface area contributed by atoms with Crippen LogP contribution >= 0.6 is 0 Å². The van der Waals surface area contributed by atoms with E-state index in [2.05, 4.69) is 20.8 Å². The molecule has 0 spiro atoms. The van der Waals surface area contributed by atoms with E-state index in [-0.39, 0.29) is 17.5 Å². The fraction of sp³-hybridized carbons (Fsp3) is 0.348. The number of benzene rings is 2. The van der Waals surface area contributed by atoms with Gasteiger partial charge in [0.15, 0.2) is 5.82 Å². The highest BCUT2D eigenvalue weighted by Crippen LogP contribution is 2.27. The molecule has 0 aliphatic carbocycles. The molecule has 166 valence electrons. The number of halogens is 1. The van der Waals surface area contributed by atoms with E-state index in [1.54, 1.807) is 11.8 Å². The van der Waals surface area contributed by atoms with E-state index in [9.17, 15) is 14.0 Å². The second kappa shape index (κ2) is 8.86. The molecular formula is C23H25FN6O2. The van der Waals surface area contributed by atoms with Crippen LogP contribution < -0.4 is 5.32 Å². The maximum Gasteiger partial charge on any atom is 0.247 e. The number of anilines is 1. The van der Waals surface area contributed by atoms with Crippen molar-refractivity contribution >= 4 is 17.5 Å². The van der Waals surface area contributed by atoms with Crippen molar-refractivity contribution in [3.8, 4) is 5.69 Å². The summed E-state index contributed by atoms with van der Waals surface area (Å²) in [4.78, 5) is 27.8. The third-order valence-corrected chi connectivity index (χ3v) is 5.53. The Bertz CT molecular complexity index is 1160. The zero-order valence-electron chi connectivity index (χ0n) is 18.2. The molecule has 0 radical (unpaired) electrons. The van der Waals surface area contributed by atoms with Gasteiger partial charge in [0.1, 0.15) is 11.9 Å². The molecule has 1 aliphatic heterocycles. The predicted molar refractivity (Wildman–Crippen MR) is 116 cm³/mol. The second-order valence-electron chi connectivity index (χ2n) is 8.40. The number of carbonyl (C=O) groups excluding carboxylic acids is 2. The van der Waals surface area contributed by atoms with E-state index in [0.29, 0.717) is 30.9 Å². The number of nitrogens with one attached hydrogen (secondary N) is 1. The lowest BCUT2D eigenvalue weighted by molar-refractivity contribution is -0.140. The van der Waals surface area contributed by atoms with E-state index >= 15 is 0 Å². The summed E-state index contributed by atoms with van der Waals surface area (Å²) in [5, 5.41) is 14.0. The van der Waals surface area contributed by atoms with Crippen LogP contribution in [0.2, 0.25) is 0 Å². The molecule has 1 aliphatic rings. The van der Waals surface area contributed by atoms with Crippen molar-refractivity contribution in [1.29, 1.82) is 0 Å². The minimum Gasteiger partial charge on any atom is -0.326 e. The van der Waals surface area contributed by atoms with E-state index in [0.717, 1.165) is 11.1 Å². The van der Waals surface area contributed by atoms with Gasteiger partial charge < -0.3 is 10.2 Å². The number of nitrogens with zero attached hydrogens (tertiary/aromatic N) is 5. The number of amides is 2. The average Bonchev–Trinajstić information content (AvgIpc) is 3.19. The van der Waals surface area contributed by atoms with E-state index in [1.165, 1.54) is 22.9 Å². The zero-order chi connectivity index (χ0) is 22.8. The summed E-state index contributed by atoms with van der Waals surface area (Å²) in [6.07, 6.45) is 0.716. The van der Waals surface area contributed by atoms with Crippen molar-refractivity contribution in [2.24, 2.45) is 5.92 Å². The Morgan fingerprint density at radius 1 is 1.19 bits per heavy atom. The highest BCUT2D eigenvalue weighted by Gasteiger charge is 2.35. The van der Waals surface area contributed by atoms with Crippen LogP contribution in [-0.2, 0) is 22.6 Å². The summed E-state index contributed by atoms with van der Waals surface area (Å²) < 4.78 is 16.0. The van der Waals surface area contributed by atoms with Gasteiger partial charge in [-0.25, -0.2) is 4.39 Å². The summed E-state index contributed by atoms with van der Waals surface area (Å²) in [6.45, 7) is 6.00.